The lowest BCUT2D eigenvalue weighted by Crippen LogP contribution is -2.24. The van der Waals surface area contributed by atoms with Gasteiger partial charge in [-0.3, -0.25) is 4.79 Å². The molecule has 0 aliphatic carbocycles. The number of carbonyl (C=O) groups excluding carboxylic acids is 1. The maximum absolute atomic E-state index is 12.0. The third kappa shape index (κ3) is 3.43. The molecule has 104 valence electrons. The number of aromatic nitrogens is 1. The minimum Gasteiger partial charge on any atom is -0.463 e. The fraction of sp³-hybridized carbons (Fsp3) is 0.250. The van der Waals surface area contributed by atoms with Crippen LogP contribution in [0.15, 0.2) is 10.9 Å². The molecule has 19 heavy (non-hydrogen) atoms. The largest absolute Gasteiger partial charge is 0.573 e. The second kappa shape index (κ2) is 4.96. The number of halogens is 3. The number of nitro groups is 1. The summed E-state index contributed by atoms with van der Waals surface area (Å²) in [5, 5.41) is 10.6. The monoisotopic (exact) mass is 282 g/mol. The molecule has 0 radical (unpaired) electrons. The Morgan fingerprint density at radius 1 is 1.47 bits per heavy atom. The van der Waals surface area contributed by atoms with E-state index in [0.717, 1.165) is 7.11 Å². The van der Waals surface area contributed by atoms with Gasteiger partial charge in [-0.15, -0.1) is 13.2 Å². The Labute approximate surface area is 101 Å². The molecular weight excluding hydrogens is 277 g/mol. The van der Waals surface area contributed by atoms with Gasteiger partial charge in [0.15, 0.2) is 0 Å². The maximum Gasteiger partial charge on any atom is 0.573 e. The van der Waals surface area contributed by atoms with Gasteiger partial charge < -0.3 is 19.6 Å². The Morgan fingerprint density at radius 3 is 2.47 bits per heavy atom. The van der Waals surface area contributed by atoms with Crippen LogP contribution in [0, 0.1) is 10.1 Å². The summed E-state index contributed by atoms with van der Waals surface area (Å²) >= 11 is 0. The first-order chi connectivity index (χ1) is 8.65. The van der Waals surface area contributed by atoms with Crippen molar-refractivity contribution in [1.29, 1.82) is 0 Å². The van der Waals surface area contributed by atoms with E-state index in [2.05, 4.69) is 9.47 Å². The molecule has 0 saturated carbocycles. The van der Waals surface area contributed by atoms with E-state index >= 15 is 0 Å². The molecule has 0 spiro atoms. The van der Waals surface area contributed by atoms with E-state index < -0.39 is 39.9 Å². The first kappa shape index (κ1) is 14.5. The fourth-order valence-electron chi connectivity index (χ4n) is 1.10. The van der Waals surface area contributed by atoms with Crippen LogP contribution in [0.25, 0.3) is 0 Å². The van der Waals surface area contributed by atoms with Crippen molar-refractivity contribution in [1.82, 2.24) is 4.98 Å². The molecule has 0 aromatic carbocycles. The summed E-state index contributed by atoms with van der Waals surface area (Å²) in [5.74, 6) is -4.12. The number of H-pyrrole nitrogens is 1. The molecule has 8 nitrogen and oxygen atoms in total. The molecule has 11 heteroatoms. The number of nitrogens with one attached hydrogen (secondary N) is 1. The second-order valence-corrected chi connectivity index (χ2v) is 3.02. The van der Waals surface area contributed by atoms with Crippen molar-refractivity contribution in [3.63, 3.8) is 0 Å². The van der Waals surface area contributed by atoms with Crippen LogP contribution in [0.5, 0.6) is 5.75 Å². The van der Waals surface area contributed by atoms with E-state index in [1.165, 1.54) is 0 Å². The lowest BCUT2D eigenvalue weighted by Gasteiger charge is -2.09. The molecule has 0 aliphatic heterocycles. The summed E-state index contributed by atoms with van der Waals surface area (Å²) in [7, 11) is 0.923. The highest BCUT2D eigenvalue weighted by molar-refractivity contribution is 5.87. The topological polar surface area (TPSA) is 112 Å². The highest BCUT2D eigenvalue weighted by atomic mass is 19.4. The van der Waals surface area contributed by atoms with Gasteiger partial charge >= 0.3 is 18.1 Å². The summed E-state index contributed by atoms with van der Waals surface area (Å²) in [6, 6.07) is 0.403. The van der Waals surface area contributed by atoms with Crippen LogP contribution < -0.4 is 10.2 Å². The third-order valence-corrected chi connectivity index (χ3v) is 1.77. The van der Waals surface area contributed by atoms with Crippen LogP contribution >= 0.6 is 0 Å². The Kier molecular flexibility index (Phi) is 3.77. The molecule has 0 bridgehead atoms. The van der Waals surface area contributed by atoms with Gasteiger partial charge in [-0.05, 0) is 4.92 Å². The Morgan fingerprint density at radius 2 is 2.05 bits per heavy atom. The molecule has 1 rings (SSSR count). The molecule has 1 aromatic heterocycles. The number of hydrogen-bond donors (Lipinski definition) is 1. The number of ether oxygens (including phenoxy) is 2. The molecule has 1 N–H and O–H groups in total. The molecule has 0 amide bonds. The number of methoxy groups -OCH3 is 1. The maximum atomic E-state index is 12.0. The van der Waals surface area contributed by atoms with Gasteiger partial charge in [0.25, 0.3) is 5.75 Å². The SMILES string of the molecule is COC(=O)c1cc(=O)c(OC(F)(F)F)c([N+](=O)[O-])[nH]1. The summed E-state index contributed by atoms with van der Waals surface area (Å²) in [6.07, 6.45) is -5.29. The van der Waals surface area contributed by atoms with Crippen molar-refractivity contribution >= 4 is 11.8 Å². The van der Waals surface area contributed by atoms with E-state index in [1.54, 1.807) is 4.98 Å². The van der Waals surface area contributed by atoms with Gasteiger partial charge in [-0.1, -0.05) is 0 Å². The lowest BCUT2D eigenvalue weighted by atomic mass is 10.3. The summed E-state index contributed by atoms with van der Waals surface area (Å²) in [6.45, 7) is 0. The van der Waals surface area contributed by atoms with Crippen molar-refractivity contribution in [2.45, 2.75) is 6.36 Å². The van der Waals surface area contributed by atoms with Crippen molar-refractivity contribution in [3.05, 3.63) is 32.1 Å². The van der Waals surface area contributed by atoms with Gasteiger partial charge in [0.05, 0.1) is 7.11 Å². The Balaban J connectivity index is 3.44. The second-order valence-electron chi connectivity index (χ2n) is 3.02. The smallest absolute Gasteiger partial charge is 0.463 e. The van der Waals surface area contributed by atoms with Crippen molar-refractivity contribution in [2.24, 2.45) is 0 Å². The highest BCUT2D eigenvalue weighted by Gasteiger charge is 2.36. The fourth-order valence-corrected chi connectivity index (χ4v) is 1.10. The van der Waals surface area contributed by atoms with E-state index in [9.17, 15) is 32.9 Å². The van der Waals surface area contributed by atoms with Gasteiger partial charge in [0, 0.05) is 6.07 Å². The van der Waals surface area contributed by atoms with Crippen LogP contribution in [0.4, 0.5) is 19.0 Å². The summed E-state index contributed by atoms with van der Waals surface area (Å²) in [4.78, 5) is 33.3. The quantitative estimate of drug-likeness (QED) is 0.502. The van der Waals surface area contributed by atoms with Crippen LogP contribution in [0.2, 0.25) is 0 Å². The number of carbonyl (C=O) groups is 1. The minimum atomic E-state index is -5.29. The van der Waals surface area contributed by atoms with Gasteiger partial charge in [-0.2, -0.15) is 0 Å². The molecule has 0 saturated heterocycles. The number of pyridine rings is 1. The molecule has 0 unspecified atom stereocenters. The van der Waals surface area contributed by atoms with E-state index in [0.29, 0.717) is 6.07 Å². The van der Waals surface area contributed by atoms with E-state index in [-0.39, 0.29) is 0 Å². The highest BCUT2D eigenvalue weighted by Crippen LogP contribution is 2.27. The lowest BCUT2D eigenvalue weighted by molar-refractivity contribution is -0.393. The normalized spacial score (nSPS) is 10.9. The standard InChI is InChI=1S/C8H5F3N2O6/c1-18-7(15)3-2-4(14)5(19-8(9,10)11)6(12-3)13(16)17/h2H,1H3,(H,12,14). The predicted molar refractivity (Wildman–Crippen MR) is 51.7 cm³/mol. The van der Waals surface area contributed by atoms with E-state index in [1.807, 2.05) is 0 Å². The van der Waals surface area contributed by atoms with Crippen LogP contribution in [-0.2, 0) is 4.74 Å². The van der Waals surface area contributed by atoms with Crippen molar-refractivity contribution in [3.8, 4) is 5.75 Å². The van der Waals surface area contributed by atoms with Crippen molar-refractivity contribution in [2.75, 3.05) is 7.11 Å². The van der Waals surface area contributed by atoms with Gasteiger partial charge in [-0.25, -0.2) is 9.78 Å². The zero-order valence-corrected chi connectivity index (χ0v) is 9.11. The number of nitrogens with zero attached hydrogens (tertiary/aromatic N) is 1. The van der Waals surface area contributed by atoms with Crippen LogP contribution in [0.3, 0.4) is 0 Å². The van der Waals surface area contributed by atoms with E-state index in [4.69, 9.17) is 0 Å². The average Bonchev–Trinajstić information content (AvgIpc) is 2.28. The van der Waals surface area contributed by atoms with Gasteiger partial charge in [0.2, 0.25) is 11.1 Å². The summed E-state index contributed by atoms with van der Waals surface area (Å²) < 4.78 is 43.4. The Bertz CT molecular complexity index is 579. The molecule has 1 heterocycles. The predicted octanol–water partition coefficient (Wildman–Crippen LogP) is 0.968. The number of rotatable bonds is 3. The van der Waals surface area contributed by atoms with Crippen LogP contribution in [-0.4, -0.2) is 29.3 Å². The first-order valence-corrected chi connectivity index (χ1v) is 4.41. The first-order valence-electron chi connectivity index (χ1n) is 4.41. The molecule has 1 aromatic rings. The van der Waals surface area contributed by atoms with Crippen LogP contribution in [0.1, 0.15) is 10.5 Å². The molecule has 0 atom stereocenters. The average molecular weight is 282 g/mol. The van der Waals surface area contributed by atoms with Crippen molar-refractivity contribution < 1.29 is 32.4 Å². The van der Waals surface area contributed by atoms with Gasteiger partial charge in [0.1, 0.15) is 0 Å². The molecular formula is C8H5F3N2O6. The Hall–Kier alpha value is -2.59. The number of esters is 1. The zero-order chi connectivity index (χ0) is 14.8. The number of alkyl halides is 3. The molecule has 0 aliphatic rings. The number of hydrogen-bond acceptors (Lipinski definition) is 6. The summed E-state index contributed by atoms with van der Waals surface area (Å²) in [5.41, 5.74) is -2.16. The third-order valence-electron chi connectivity index (χ3n) is 1.77. The molecule has 0 fully saturated rings. The number of aromatic amines is 1. The zero-order valence-electron chi connectivity index (χ0n) is 9.11. The minimum absolute atomic E-state index is 0.403.